The van der Waals surface area contributed by atoms with Gasteiger partial charge in [-0.3, -0.25) is 9.59 Å². The number of epoxide rings is 1. The van der Waals surface area contributed by atoms with Gasteiger partial charge in [-0.25, -0.2) is 0 Å². The van der Waals surface area contributed by atoms with E-state index in [1.54, 1.807) is 6.08 Å². The monoisotopic (exact) mass is 401 g/mol. The summed E-state index contributed by atoms with van der Waals surface area (Å²) in [5, 5.41) is 12.5. The van der Waals surface area contributed by atoms with Crippen LogP contribution in [0.1, 0.15) is 27.7 Å². The first-order valence-electron chi connectivity index (χ1n) is 9.96. The Balaban J connectivity index is 1.49. The summed E-state index contributed by atoms with van der Waals surface area (Å²) in [6, 6.07) is 0. The average molecular weight is 401 g/mol. The number of allylic oxidation sites excluding steroid dienone is 3. The molecule has 7 nitrogen and oxygen atoms in total. The van der Waals surface area contributed by atoms with Crippen molar-refractivity contribution in [3.8, 4) is 0 Å². The number of carbonyl (C=O) groups is 2. The molecule has 1 spiro atoms. The molecule has 0 unspecified atom stereocenters. The molecule has 4 aliphatic heterocycles. The first-order valence-corrected chi connectivity index (χ1v) is 9.96. The number of aliphatic hydroxyl groups excluding tert-OH is 1. The Morgan fingerprint density at radius 3 is 2.69 bits per heavy atom. The van der Waals surface area contributed by atoms with Gasteiger partial charge in [-0.05, 0) is 26.0 Å². The van der Waals surface area contributed by atoms with Crippen LogP contribution in [0.15, 0.2) is 47.3 Å². The minimum absolute atomic E-state index is 0.0269. The first-order chi connectivity index (χ1) is 13.7. The van der Waals surface area contributed by atoms with Gasteiger partial charge in [0, 0.05) is 11.8 Å². The summed E-state index contributed by atoms with van der Waals surface area (Å²) in [6.07, 6.45) is 9.18. The number of hydrogen-bond donors (Lipinski definition) is 2. The van der Waals surface area contributed by atoms with Crippen LogP contribution in [0.4, 0.5) is 0 Å². The molecule has 0 aromatic rings. The Hall–Kier alpha value is -2.22. The predicted molar refractivity (Wildman–Crippen MR) is 105 cm³/mol. The molecular formula is C22H27NO6. The SMILES string of the molecule is CC(/C=C/C(O)=C1/C(=O)CNC1=O)=C\[C@H](C)[C@@H]1O[C@@]2(C)O[C@H](C=C[C@@]23CO3)[C@@H]1C. The molecule has 2 N–H and O–H groups in total. The third-order valence-electron chi connectivity index (χ3n) is 6.26. The molecular weight excluding hydrogens is 374 g/mol. The van der Waals surface area contributed by atoms with Crippen LogP contribution in [-0.4, -0.2) is 53.5 Å². The summed E-state index contributed by atoms with van der Waals surface area (Å²) in [4.78, 5) is 23.3. The number of nitrogens with one attached hydrogen (secondary N) is 1. The molecule has 0 aliphatic carbocycles. The minimum Gasteiger partial charge on any atom is -0.507 e. The van der Waals surface area contributed by atoms with Gasteiger partial charge in [-0.1, -0.05) is 37.6 Å². The molecule has 4 rings (SSSR count). The van der Waals surface area contributed by atoms with Gasteiger partial charge in [-0.15, -0.1) is 0 Å². The molecule has 3 fully saturated rings. The van der Waals surface area contributed by atoms with Crippen molar-refractivity contribution in [3.05, 3.63) is 47.3 Å². The molecule has 4 aliphatic rings. The van der Waals surface area contributed by atoms with Crippen molar-refractivity contribution in [2.45, 2.75) is 51.3 Å². The Bertz CT molecular complexity index is 847. The maximum absolute atomic E-state index is 11.7. The smallest absolute Gasteiger partial charge is 0.259 e. The molecule has 2 bridgehead atoms. The van der Waals surface area contributed by atoms with Crippen LogP contribution < -0.4 is 5.32 Å². The van der Waals surface area contributed by atoms with Crippen molar-refractivity contribution in [1.82, 2.24) is 5.32 Å². The molecule has 0 aromatic carbocycles. The minimum atomic E-state index is -0.797. The third kappa shape index (κ3) is 3.37. The van der Waals surface area contributed by atoms with E-state index in [9.17, 15) is 14.7 Å². The van der Waals surface area contributed by atoms with Crippen LogP contribution in [0, 0.1) is 11.8 Å². The fourth-order valence-corrected chi connectivity index (χ4v) is 4.37. The number of hydrogen-bond acceptors (Lipinski definition) is 6. The maximum Gasteiger partial charge on any atom is 0.259 e. The second-order valence-corrected chi connectivity index (χ2v) is 8.48. The number of amides is 1. The topological polar surface area (TPSA) is 97.4 Å². The number of fused-ring (bicyclic) bond motifs is 3. The summed E-state index contributed by atoms with van der Waals surface area (Å²) in [7, 11) is 0. The maximum atomic E-state index is 11.7. The van der Waals surface area contributed by atoms with E-state index in [0.717, 1.165) is 5.57 Å². The van der Waals surface area contributed by atoms with Gasteiger partial charge >= 0.3 is 0 Å². The van der Waals surface area contributed by atoms with E-state index in [2.05, 4.69) is 37.4 Å². The van der Waals surface area contributed by atoms with E-state index < -0.39 is 23.1 Å². The molecule has 156 valence electrons. The van der Waals surface area contributed by atoms with Gasteiger partial charge in [0.1, 0.15) is 11.3 Å². The largest absolute Gasteiger partial charge is 0.507 e. The van der Waals surface area contributed by atoms with Crippen molar-refractivity contribution in [3.63, 3.8) is 0 Å². The van der Waals surface area contributed by atoms with Crippen molar-refractivity contribution >= 4 is 11.7 Å². The molecule has 29 heavy (non-hydrogen) atoms. The van der Waals surface area contributed by atoms with Crippen molar-refractivity contribution in [2.75, 3.05) is 13.2 Å². The number of Topliss-reactive ketones (excluding diaryl/α,β-unsaturated/α-hetero) is 1. The summed E-state index contributed by atoms with van der Waals surface area (Å²) >= 11 is 0. The standard InChI is InChI=1S/C22H27NO6/c1-12(5-6-15(24)18-16(25)10-23-20(18)26)9-13(2)19-14(3)17-7-8-22(11-27-22)21(4,28-17)29-19/h5-9,13-14,17,19,24H,10-11H2,1-4H3,(H,23,26)/b6-5+,12-9+,18-15+/t13-,14-,17+,19-,21+,22+/m0/s1. The number of rotatable bonds is 4. The molecule has 4 heterocycles. The zero-order valence-electron chi connectivity index (χ0n) is 17.1. The van der Waals surface area contributed by atoms with E-state index >= 15 is 0 Å². The Labute approximate surface area is 170 Å². The zero-order chi connectivity index (χ0) is 21.0. The summed E-state index contributed by atoms with van der Waals surface area (Å²) in [5.41, 5.74) is 0.221. The predicted octanol–water partition coefficient (Wildman–Crippen LogP) is 2.11. The number of carbonyl (C=O) groups excluding carboxylic acids is 2. The quantitative estimate of drug-likeness (QED) is 0.187. The first kappa shape index (κ1) is 20.1. The van der Waals surface area contributed by atoms with Crippen LogP contribution >= 0.6 is 0 Å². The fraction of sp³-hybridized carbons (Fsp3) is 0.545. The number of aliphatic hydroxyl groups is 1. The second kappa shape index (κ2) is 6.93. The highest BCUT2D eigenvalue weighted by Gasteiger charge is 2.65. The van der Waals surface area contributed by atoms with Gasteiger partial charge < -0.3 is 24.6 Å². The molecule has 1 amide bonds. The van der Waals surface area contributed by atoms with Gasteiger partial charge in [-0.2, -0.15) is 0 Å². The summed E-state index contributed by atoms with van der Waals surface area (Å²) in [5.74, 6) is -1.82. The normalized spacial score (nSPS) is 41.8. The summed E-state index contributed by atoms with van der Waals surface area (Å²) in [6.45, 7) is 8.56. The van der Waals surface area contributed by atoms with Crippen LogP contribution in [0.25, 0.3) is 0 Å². The molecule has 3 saturated heterocycles. The van der Waals surface area contributed by atoms with Gasteiger partial charge in [0.2, 0.25) is 5.79 Å². The third-order valence-corrected chi connectivity index (χ3v) is 6.26. The molecule has 0 radical (unpaired) electrons. The van der Waals surface area contributed by atoms with Gasteiger partial charge in [0.25, 0.3) is 5.91 Å². The zero-order valence-corrected chi connectivity index (χ0v) is 17.1. The highest BCUT2D eigenvalue weighted by Crippen LogP contribution is 2.51. The van der Waals surface area contributed by atoms with Crippen LogP contribution in [0.2, 0.25) is 0 Å². The van der Waals surface area contributed by atoms with Crippen molar-refractivity contribution in [2.24, 2.45) is 11.8 Å². The van der Waals surface area contributed by atoms with E-state index in [1.165, 1.54) is 6.08 Å². The van der Waals surface area contributed by atoms with E-state index in [-0.39, 0.29) is 41.9 Å². The molecule has 0 aromatic heterocycles. The van der Waals surface area contributed by atoms with Crippen LogP contribution in [0.3, 0.4) is 0 Å². The van der Waals surface area contributed by atoms with Crippen molar-refractivity contribution < 1.29 is 28.9 Å². The summed E-state index contributed by atoms with van der Waals surface area (Å²) < 4.78 is 18.2. The lowest BCUT2D eigenvalue weighted by Gasteiger charge is -2.51. The van der Waals surface area contributed by atoms with Gasteiger partial charge in [0.15, 0.2) is 11.4 Å². The van der Waals surface area contributed by atoms with Gasteiger partial charge in [0.05, 0.1) is 25.4 Å². The average Bonchev–Trinajstić information content (AvgIpc) is 3.39. The lowest BCUT2D eigenvalue weighted by atomic mass is 9.82. The Morgan fingerprint density at radius 2 is 2.07 bits per heavy atom. The lowest BCUT2D eigenvalue weighted by molar-refractivity contribution is -0.346. The highest BCUT2D eigenvalue weighted by atomic mass is 16.8. The second-order valence-electron chi connectivity index (χ2n) is 8.48. The highest BCUT2D eigenvalue weighted by molar-refractivity contribution is 6.25. The van der Waals surface area contributed by atoms with E-state index in [1.807, 2.05) is 13.8 Å². The lowest BCUT2D eigenvalue weighted by Crippen LogP contribution is -2.61. The Kier molecular flexibility index (Phi) is 4.80. The molecule has 0 saturated carbocycles. The van der Waals surface area contributed by atoms with E-state index in [0.29, 0.717) is 6.61 Å². The Morgan fingerprint density at radius 1 is 1.34 bits per heavy atom. The molecule has 7 heteroatoms. The van der Waals surface area contributed by atoms with Crippen LogP contribution in [-0.2, 0) is 23.8 Å². The fourth-order valence-electron chi connectivity index (χ4n) is 4.37. The number of ketones is 1. The van der Waals surface area contributed by atoms with E-state index in [4.69, 9.17) is 14.2 Å². The number of ether oxygens (including phenoxy) is 3. The molecule has 6 atom stereocenters. The van der Waals surface area contributed by atoms with Crippen LogP contribution in [0.5, 0.6) is 0 Å². The van der Waals surface area contributed by atoms with Crippen molar-refractivity contribution in [1.29, 1.82) is 0 Å².